The highest BCUT2D eigenvalue weighted by atomic mass is 16.5. The van der Waals surface area contributed by atoms with Crippen LogP contribution >= 0.6 is 0 Å². The molecule has 0 saturated carbocycles. The zero-order valence-corrected chi connectivity index (χ0v) is 14.8. The average molecular weight is 350 g/mol. The molecule has 4 rings (SSSR count). The van der Waals surface area contributed by atoms with E-state index in [-0.39, 0.29) is 11.3 Å². The molecule has 2 aromatic carbocycles. The Kier molecular flexibility index (Phi) is 4.04. The lowest BCUT2D eigenvalue weighted by Crippen LogP contribution is -2.39. The summed E-state index contributed by atoms with van der Waals surface area (Å²) in [7, 11) is 0. The standard InChI is InChI=1S/C21H22N2O3/c1-14-5-2-3-8-18(14)23-12-11-21(20(23)25)10-9-16-15(13-21)6-4-7-17(16)19(24)22-26/h2-8,26H,9-13H2,1H3,(H,22,24). The molecular formula is C21H22N2O3. The van der Waals surface area contributed by atoms with Crippen LogP contribution in [-0.4, -0.2) is 23.6 Å². The summed E-state index contributed by atoms with van der Waals surface area (Å²) < 4.78 is 0. The minimum Gasteiger partial charge on any atom is -0.312 e. The first-order valence-electron chi connectivity index (χ1n) is 8.98. The van der Waals surface area contributed by atoms with Gasteiger partial charge in [-0.3, -0.25) is 14.8 Å². The average Bonchev–Trinajstić information content (AvgIpc) is 2.97. The SMILES string of the molecule is Cc1ccccc1N1CCC2(CCc3c(cccc3C(=O)NO)C2)C1=O. The van der Waals surface area contributed by atoms with Crippen molar-refractivity contribution >= 4 is 17.5 Å². The van der Waals surface area contributed by atoms with Crippen LogP contribution in [0.1, 0.15) is 39.9 Å². The van der Waals surface area contributed by atoms with Crippen molar-refractivity contribution in [2.75, 3.05) is 11.4 Å². The number of fused-ring (bicyclic) bond motifs is 1. The maximum absolute atomic E-state index is 13.3. The lowest BCUT2D eigenvalue weighted by Gasteiger charge is -2.34. The van der Waals surface area contributed by atoms with Gasteiger partial charge in [-0.15, -0.1) is 0 Å². The van der Waals surface area contributed by atoms with E-state index < -0.39 is 5.91 Å². The second-order valence-corrected chi connectivity index (χ2v) is 7.33. The molecule has 5 heteroatoms. The Labute approximate surface area is 152 Å². The van der Waals surface area contributed by atoms with Crippen molar-refractivity contribution in [2.45, 2.75) is 32.6 Å². The number of aryl methyl sites for hydroxylation is 1. The summed E-state index contributed by atoms with van der Waals surface area (Å²) in [6, 6.07) is 13.5. The number of carbonyl (C=O) groups excluding carboxylic acids is 2. The third-order valence-corrected chi connectivity index (χ3v) is 5.92. The molecule has 134 valence electrons. The fraction of sp³-hybridized carbons (Fsp3) is 0.333. The first kappa shape index (κ1) is 16.8. The molecule has 26 heavy (non-hydrogen) atoms. The van der Waals surface area contributed by atoms with E-state index in [0.717, 1.165) is 41.8 Å². The highest BCUT2D eigenvalue weighted by Gasteiger charge is 2.49. The summed E-state index contributed by atoms with van der Waals surface area (Å²) in [6.07, 6.45) is 2.88. The molecule has 1 fully saturated rings. The van der Waals surface area contributed by atoms with Gasteiger partial charge in [-0.2, -0.15) is 0 Å². The van der Waals surface area contributed by atoms with Crippen molar-refractivity contribution in [2.24, 2.45) is 5.41 Å². The molecule has 1 aliphatic heterocycles. The normalized spacial score (nSPS) is 21.8. The molecular weight excluding hydrogens is 328 g/mol. The van der Waals surface area contributed by atoms with Crippen molar-refractivity contribution in [3.8, 4) is 0 Å². The van der Waals surface area contributed by atoms with Crippen LogP contribution in [0.15, 0.2) is 42.5 Å². The van der Waals surface area contributed by atoms with Crippen molar-refractivity contribution in [1.82, 2.24) is 5.48 Å². The highest BCUT2D eigenvalue weighted by Crippen LogP contribution is 2.45. The van der Waals surface area contributed by atoms with Crippen molar-refractivity contribution in [1.29, 1.82) is 0 Å². The predicted octanol–water partition coefficient (Wildman–Crippen LogP) is 3.03. The molecule has 0 bridgehead atoms. The van der Waals surface area contributed by atoms with Gasteiger partial charge in [0.05, 0.1) is 5.41 Å². The predicted molar refractivity (Wildman–Crippen MR) is 98.3 cm³/mol. The number of hydroxylamine groups is 1. The van der Waals surface area contributed by atoms with Crippen LogP contribution in [0.5, 0.6) is 0 Å². The minimum absolute atomic E-state index is 0.189. The van der Waals surface area contributed by atoms with Crippen LogP contribution in [0.4, 0.5) is 5.69 Å². The second-order valence-electron chi connectivity index (χ2n) is 7.33. The summed E-state index contributed by atoms with van der Waals surface area (Å²) in [5.41, 5.74) is 5.93. The van der Waals surface area contributed by atoms with Crippen LogP contribution in [0.3, 0.4) is 0 Å². The fourth-order valence-corrected chi connectivity index (χ4v) is 4.50. The van der Waals surface area contributed by atoms with E-state index in [9.17, 15) is 9.59 Å². The van der Waals surface area contributed by atoms with Gasteiger partial charge in [-0.25, -0.2) is 5.48 Å². The Morgan fingerprint density at radius 1 is 1.15 bits per heavy atom. The van der Waals surface area contributed by atoms with Crippen LogP contribution in [0.25, 0.3) is 0 Å². The van der Waals surface area contributed by atoms with E-state index >= 15 is 0 Å². The summed E-state index contributed by atoms with van der Waals surface area (Å²) in [5.74, 6) is -0.299. The number of rotatable bonds is 2. The van der Waals surface area contributed by atoms with Crippen LogP contribution < -0.4 is 10.4 Å². The molecule has 1 atom stereocenters. The van der Waals surface area contributed by atoms with Crippen LogP contribution in [0.2, 0.25) is 0 Å². The molecule has 1 heterocycles. The molecule has 2 N–H and O–H groups in total. The van der Waals surface area contributed by atoms with Gasteiger partial charge < -0.3 is 4.90 Å². The van der Waals surface area contributed by atoms with Crippen molar-refractivity contribution < 1.29 is 14.8 Å². The number of hydrogen-bond donors (Lipinski definition) is 2. The van der Waals surface area contributed by atoms with Gasteiger partial charge in [0.1, 0.15) is 0 Å². The molecule has 1 aliphatic carbocycles. The quantitative estimate of drug-likeness (QED) is 0.646. The largest absolute Gasteiger partial charge is 0.312 e. The zero-order chi connectivity index (χ0) is 18.3. The molecule has 2 aromatic rings. The van der Waals surface area contributed by atoms with Gasteiger partial charge in [-0.1, -0.05) is 30.3 Å². The van der Waals surface area contributed by atoms with E-state index in [4.69, 9.17) is 5.21 Å². The molecule has 1 spiro atoms. The smallest absolute Gasteiger partial charge is 0.274 e. The van der Waals surface area contributed by atoms with Crippen molar-refractivity contribution in [3.05, 3.63) is 64.7 Å². The van der Waals surface area contributed by atoms with Gasteiger partial charge >= 0.3 is 0 Å². The number of amides is 2. The molecule has 2 amide bonds. The molecule has 0 radical (unpaired) electrons. The first-order chi connectivity index (χ1) is 12.6. The van der Waals surface area contributed by atoms with Gasteiger partial charge in [0.15, 0.2) is 0 Å². The number of hydrogen-bond acceptors (Lipinski definition) is 3. The number of benzene rings is 2. The van der Waals surface area contributed by atoms with Crippen LogP contribution in [-0.2, 0) is 17.6 Å². The Balaban J connectivity index is 1.66. The topological polar surface area (TPSA) is 69.6 Å². The van der Waals surface area contributed by atoms with Crippen molar-refractivity contribution in [3.63, 3.8) is 0 Å². The Morgan fingerprint density at radius 3 is 2.73 bits per heavy atom. The number of para-hydroxylation sites is 1. The molecule has 2 aliphatic rings. The Bertz CT molecular complexity index is 893. The van der Waals surface area contributed by atoms with E-state index in [1.807, 2.05) is 48.2 Å². The third-order valence-electron chi connectivity index (χ3n) is 5.92. The second kappa shape index (κ2) is 6.25. The lowest BCUT2D eigenvalue weighted by atomic mass is 9.69. The Morgan fingerprint density at radius 2 is 1.96 bits per heavy atom. The number of nitrogens with zero attached hydrogens (tertiary/aromatic N) is 1. The van der Waals surface area contributed by atoms with Gasteiger partial charge in [0, 0.05) is 17.8 Å². The van der Waals surface area contributed by atoms with Crippen LogP contribution in [0, 0.1) is 12.3 Å². The zero-order valence-electron chi connectivity index (χ0n) is 14.8. The molecule has 5 nitrogen and oxygen atoms in total. The Hall–Kier alpha value is -2.66. The fourth-order valence-electron chi connectivity index (χ4n) is 4.50. The summed E-state index contributed by atoms with van der Waals surface area (Å²) in [6.45, 7) is 2.76. The van der Waals surface area contributed by atoms with Gasteiger partial charge in [0.2, 0.25) is 5.91 Å². The number of anilines is 1. The first-order valence-corrected chi connectivity index (χ1v) is 8.98. The lowest BCUT2D eigenvalue weighted by molar-refractivity contribution is -0.126. The summed E-state index contributed by atoms with van der Waals surface area (Å²) in [5, 5.41) is 8.96. The number of nitrogens with one attached hydrogen (secondary N) is 1. The third kappa shape index (κ3) is 2.51. The van der Waals surface area contributed by atoms with E-state index in [2.05, 4.69) is 0 Å². The summed E-state index contributed by atoms with van der Waals surface area (Å²) >= 11 is 0. The molecule has 1 saturated heterocycles. The molecule has 1 unspecified atom stereocenters. The van der Waals surface area contributed by atoms with E-state index in [0.29, 0.717) is 18.4 Å². The summed E-state index contributed by atoms with van der Waals surface area (Å²) in [4.78, 5) is 27.1. The number of carbonyl (C=O) groups is 2. The minimum atomic E-state index is -0.489. The maximum atomic E-state index is 13.3. The van der Waals surface area contributed by atoms with Gasteiger partial charge in [-0.05, 0) is 61.4 Å². The maximum Gasteiger partial charge on any atom is 0.274 e. The van der Waals surface area contributed by atoms with E-state index in [1.54, 1.807) is 11.5 Å². The van der Waals surface area contributed by atoms with Gasteiger partial charge in [0.25, 0.3) is 5.91 Å². The monoisotopic (exact) mass is 350 g/mol. The molecule has 0 aromatic heterocycles. The highest BCUT2D eigenvalue weighted by molar-refractivity contribution is 6.01. The van der Waals surface area contributed by atoms with E-state index in [1.165, 1.54) is 0 Å².